The van der Waals surface area contributed by atoms with Crippen LogP contribution in [0.2, 0.25) is 0 Å². The van der Waals surface area contributed by atoms with Gasteiger partial charge in [-0.15, -0.1) is 0 Å². The van der Waals surface area contributed by atoms with Crippen molar-refractivity contribution in [1.29, 1.82) is 0 Å². The maximum atomic E-state index is 13.8. The Morgan fingerprint density at radius 1 is 1.32 bits per heavy atom. The largest absolute Gasteiger partial charge is 0.462 e. The molecule has 2 aromatic rings. The van der Waals surface area contributed by atoms with Crippen molar-refractivity contribution in [3.8, 4) is 0 Å². The van der Waals surface area contributed by atoms with Gasteiger partial charge in [0.1, 0.15) is 23.7 Å². The molecule has 3 atom stereocenters. The molecule has 3 rings (SSSR count). The Balaban J connectivity index is 1.67. The number of hydrogen-bond donors (Lipinski definition) is 2. The highest BCUT2D eigenvalue weighted by molar-refractivity contribution is 7.56. The molecule has 12 heteroatoms. The number of rotatable bonds is 14. The third-order valence-corrected chi connectivity index (χ3v) is 7.78. The molecule has 0 spiro atoms. The van der Waals surface area contributed by atoms with E-state index in [0.717, 1.165) is 6.42 Å². The molecule has 0 radical (unpaired) electrons. The highest BCUT2D eigenvalue weighted by atomic mass is 31.2. The lowest BCUT2D eigenvalue weighted by Gasteiger charge is -2.33. The molecule has 3 N–H and O–H groups in total. The molecule has 34 heavy (non-hydrogen) atoms. The smallest absolute Gasteiger partial charge is 0.326 e. The predicted octanol–water partition coefficient (Wildman–Crippen LogP) is 3.49. The minimum absolute atomic E-state index is 0.187. The molecule has 2 aromatic heterocycles. The van der Waals surface area contributed by atoms with Crippen molar-refractivity contribution in [3.63, 3.8) is 0 Å². The maximum absolute atomic E-state index is 13.8. The average molecular weight is 497 g/mol. The minimum atomic E-state index is -3.53. The summed E-state index contributed by atoms with van der Waals surface area (Å²) in [5.74, 6) is 0.467. The zero-order chi connectivity index (χ0) is 24.9. The van der Waals surface area contributed by atoms with Crippen molar-refractivity contribution >= 4 is 30.5 Å². The van der Waals surface area contributed by atoms with Crippen molar-refractivity contribution in [3.05, 3.63) is 12.7 Å². The molecule has 0 saturated heterocycles. The number of nitrogens with one attached hydrogen (secondary N) is 1. The first-order valence-electron chi connectivity index (χ1n) is 11.8. The molecule has 1 fully saturated rings. The molecule has 1 unspecified atom stereocenters. The lowest BCUT2D eigenvalue weighted by Crippen LogP contribution is -2.49. The SMILES string of the molecule is CCC(C)(N[P@@](=O)(CO[C@H](C)Cn1cnc2c(N)ncnc21)OCCC1CC1)C(=O)OC(C)C. The highest BCUT2D eigenvalue weighted by Gasteiger charge is 2.41. The van der Waals surface area contributed by atoms with E-state index >= 15 is 0 Å². The fourth-order valence-electron chi connectivity index (χ4n) is 3.45. The Morgan fingerprint density at radius 2 is 2.06 bits per heavy atom. The van der Waals surface area contributed by atoms with Crippen LogP contribution in [0.3, 0.4) is 0 Å². The topological polar surface area (TPSA) is 143 Å². The van der Waals surface area contributed by atoms with Crippen molar-refractivity contribution in [2.75, 3.05) is 18.7 Å². The summed E-state index contributed by atoms with van der Waals surface area (Å²) in [7, 11) is -3.53. The quantitative estimate of drug-likeness (QED) is 0.295. The molecule has 0 aromatic carbocycles. The average Bonchev–Trinajstić information content (AvgIpc) is 3.51. The first-order valence-corrected chi connectivity index (χ1v) is 13.6. The van der Waals surface area contributed by atoms with Crippen LogP contribution in [-0.4, -0.2) is 56.2 Å². The van der Waals surface area contributed by atoms with Gasteiger partial charge in [0.25, 0.3) is 7.52 Å². The fourth-order valence-corrected chi connectivity index (χ4v) is 5.51. The Hall–Kier alpha value is -2.07. The van der Waals surface area contributed by atoms with Gasteiger partial charge in [0.15, 0.2) is 11.5 Å². The number of hydrogen-bond acceptors (Lipinski definition) is 9. The van der Waals surface area contributed by atoms with Crippen LogP contribution in [0.1, 0.15) is 60.3 Å². The van der Waals surface area contributed by atoms with Crippen LogP contribution < -0.4 is 10.8 Å². The van der Waals surface area contributed by atoms with Gasteiger partial charge >= 0.3 is 5.97 Å². The molecule has 0 amide bonds. The molecular formula is C22H37N6O5P. The van der Waals surface area contributed by atoms with E-state index in [4.69, 9.17) is 19.7 Å². The number of esters is 1. The summed E-state index contributed by atoms with van der Waals surface area (Å²) in [6, 6.07) is 0. The molecule has 1 aliphatic rings. The number of nitrogen functional groups attached to an aromatic ring is 1. The summed E-state index contributed by atoms with van der Waals surface area (Å²) in [6.07, 6.45) is 5.76. The molecule has 11 nitrogen and oxygen atoms in total. The van der Waals surface area contributed by atoms with Gasteiger partial charge < -0.3 is 24.3 Å². The number of carbonyl (C=O) groups is 1. The number of carbonyl (C=O) groups excluding carboxylic acids is 1. The van der Waals surface area contributed by atoms with Gasteiger partial charge in [-0.3, -0.25) is 9.36 Å². The maximum Gasteiger partial charge on any atom is 0.326 e. The lowest BCUT2D eigenvalue weighted by atomic mass is 10.0. The Kier molecular flexibility index (Phi) is 8.67. The number of anilines is 1. The number of nitrogens with zero attached hydrogens (tertiary/aromatic N) is 4. The fraction of sp³-hybridized carbons (Fsp3) is 0.727. The molecule has 2 heterocycles. The molecular weight excluding hydrogens is 459 g/mol. The van der Waals surface area contributed by atoms with Gasteiger partial charge in [-0.05, 0) is 46.5 Å². The normalized spacial score (nSPS) is 18.5. The van der Waals surface area contributed by atoms with Gasteiger partial charge in [-0.2, -0.15) is 0 Å². The van der Waals surface area contributed by atoms with Crippen LogP contribution in [0.5, 0.6) is 0 Å². The molecule has 1 saturated carbocycles. The van der Waals surface area contributed by atoms with E-state index in [-0.39, 0.29) is 18.6 Å². The van der Waals surface area contributed by atoms with Gasteiger partial charge in [-0.25, -0.2) is 20.0 Å². The predicted molar refractivity (Wildman–Crippen MR) is 129 cm³/mol. The molecule has 190 valence electrons. The summed E-state index contributed by atoms with van der Waals surface area (Å²) in [4.78, 5) is 25.2. The summed E-state index contributed by atoms with van der Waals surface area (Å²) >= 11 is 0. The minimum Gasteiger partial charge on any atom is -0.462 e. The van der Waals surface area contributed by atoms with Gasteiger partial charge in [0.2, 0.25) is 0 Å². The zero-order valence-corrected chi connectivity index (χ0v) is 21.6. The van der Waals surface area contributed by atoms with Crippen molar-refractivity contribution in [1.82, 2.24) is 24.6 Å². The van der Waals surface area contributed by atoms with E-state index < -0.39 is 19.0 Å². The lowest BCUT2D eigenvalue weighted by molar-refractivity contribution is -0.154. The number of aromatic nitrogens is 4. The third-order valence-electron chi connectivity index (χ3n) is 5.85. The first-order chi connectivity index (χ1) is 16.0. The van der Waals surface area contributed by atoms with Crippen LogP contribution in [0.15, 0.2) is 12.7 Å². The Morgan fingerprint density at radius 3 is 2.71 bits per heavy atom. The second-order valence-corrected chi connectivity index (χ2v) is 11.5. The van der Waals surface area contributed by atoms with E-state index in [9.17, 15) is 9.36 Å². The van der Waals surface area contributed by atoms with Crippen molar-refractivity contribution < 1.29 is 23.4 Å². The van der Waals surface area contributed by atoms with Crippen LogP contribution in [0, 0.1) is 5.92 Å². The number of nitrogens with two attached hydrogens (primary N) is 1. The van der Waals surface area contributed by atoms with E-state index in [1.54, 1.807) is 31.7 Å². The monoisotopic (exact) mass is 496 g/mol. The van der Waals surface area contributed by atoms with Crippen LogP contribution in [0.25, 0.3) is 11.2 Å². The summed E-state index contributed by atoms with van der Waals surface area (Å²) < 4.78 is 32.8. The van der Waals surface area contributed by atoms with Crippen LogP contribution in [-0.2, 0) is 29.9 Å². The number of fused-ring (bicyclic) bond motifs is 1. The highest BCUT2D eigenvalue weighted by Crippen LogP contribution is 2.47. The van der Waals surface area contributed by atoms with Gasteiger partial charge in [0, 0.05) is 0 Å². The van der Waals surface area contributed by atoms with E-state index in [1.807, 2.05) is 13.8 Å². The van der Waals surface area contributed by atoms with Crippen molar-refractivity contribution in [2.45, 2.75) is 84.6 Å². The molecule has 1 aliphatic carbocycles. The second-order valence-electron chi connectivity index (χ2n) is 9.42. The standard InChI is InChI=1S/C22H37N6O5P/c1-6-22(5,21(29)33-15(2)3)27-34(30,32-10-9-17-7-8-17)14-31-16(4)11-28-13-26-18-19(23)24-12-25-20(18)28/h12-13,15-17H,6-11,14H2,1-5H3,(H,27,30)(H2,23,24,25)/t16-,22?,34-/m1/s1. The van der Waals surface area contributed by atoms with Crippen LogP contribution >= 0.6 is 7.52 Å². The molecule has 0 aliphatic heterocycles. The third kappa shape index (κ3) is 6.97. The van der Waals surface area contributed by atoms with Crippen LogP contribution in [0.4, 0.5) is 5.82 Å². The van der Waals surface area contributed by atoms with E-state index in [2.05, 4.69) is 20.0 Å². The second kappa shape index (κ2) is 11.1. The molecule has 0 bridgehead atoms. The van der Waals surface area contributed by atoms with Crippen molar-refractivity contribution in [2.24, 2.45) is 5.92 Å². The Labute approximate surface area is 200 Å². The van der Waals surface area contributed by atoms with E-state index in [0.29, 0.717) is 42.5 Å². The first kappa shape index (κ1) is 26.5. The summed E-state index contributed by atoms with van der Waals surface area (Å²) in [5, 5.41) is 2.98. The zero-order valence-electron chi connectivity index (χ0n) is 20.7. The van der Waals surface area contributed by atoms with Gasteiger partial charge in [-0.1, -0.05) is 19.8 Å². The summed E-state index contributed by atoms with van der Waals surface area (Å²) in [6.45, 7) is 9.69. The number of imidazole rings is 1. The number of ether oxygens (including phenoxy) is 2. The summed E-state index contributed by atoms with van der Waals surface area (Å²) in [5.41, 5.74) is 5.81. The van der Waals surface area contributed by atoms with Gasteiger partial charge in [0.05, 0.1) is 31.7 Å². The Bertz CT molecular complexity index is 1030. The van der Waals surface area contributed by atoms with E-state index in [1.165, 1.54) is 19.2 Å².